The van der Waals surface area contributed by atoms with Gasteiger partial charge in [-0.05, 0) is 57.7 Å². The lowest BCUT2D eigenvalue weighted by Gasteiger charge is -2.20. The first kappa shape index (κ1) is 20.3. The molecule has 5 heteroatoms. The Morgan fingerprint density at radius 3 is 2.81 bits per heavy atom. The Balaban J connectivity index is 2.22. The zero-order valence-corrected chi connectivity index (χ0v) is 16.5. The SMILES string of the molecule is CCCCN(CC)C(=O)/C(C#N)=C/c1cc(C)n(CC2CCCO2)c1C. The molecule has 1 fully saturated rings. The van der Waals surface area contributed by atoms with Crippen molar-refractivity contribution in [2.75, 3.05) is 19.7 Å². The summed E-state index contributed by atoms with van der Waals surface area (Å²) in [5.74, 6) is -0.174. The van der Waals surface area contributed by atoms with Crippen molar-refractivity contribution in [2.24, 2.45) is 0 Å². The summed E-state index contributed by atoms with van der Waals surface area (Å²) in [5, 5.41) is 9.53. The number of rotatable bonds is 8. The Morgan fingerprint density at radius 2 is 2.23 bits per heavy atom. The first-order chi connectivity index (χ1) is 12.5. The molecular weight excluding hydrogens is 326 g/mol. The second-order valence-corrected chi connectivity index (χ2v) is 6.98. The summed E-state index contributed by atoms with van der Waals surface area (Å²) in [6, 6.07) is 4.16. The van der Waals surface area contributed by atoms with Crippen LogP contribution in [0, 0.1) is 25.2 Å². The van der Waals surface area contributed by atoms with Gasteiger partial charge in [-0.1, -0.05) is 13.3 Å². The fourth-order valence-corrected chi connectivity index (χ4v) is 3.47. The number of unbranched alkanes of at least 4 members (excludes halogenated alkanes) is 1. The Hall–Kier alpha value is -2.06. The molecule has 26 heavy (non-hydrogen) atoms. The van der Waals surface area contributed by atoms with Crippen LogP contribution >= 0.6 is 0 Å². The third-order valence-electron chi connectivity index (χ3n) is 5.12. The second-order valence-electron chi connectivity index (χ2n) is 6.98. The molecule has 1 atom stereocenters. The van der Waals surface area contributed by atoms with E-state index in [9.17, 15) is 10.1 Å². The third kappa shape index (κ3) is 4.76. The van der Waals surface area contributed by atoms with Crippen LogP contribution in [0.15, 0.2) is 11.6 Å². The average molecular weight is 357 g/mol. The molecule has 1 aliphatic rings. The molecule has 0 aliphatic carbocycles. The normalized spacial score (nSPS) is 17.3. The maximum absolute atomic E-state index is 12.7. The first-order valence-corrected chi connectivity index (χ1v) is 9.71. The molecule has 1 unspecified atom stereocenters. The molecule has 0 N–H and O–H groups in total. The molecular formula is C21H31N3O2. The van der Waals surface area contributed by atoms with Crippen molar-refractivity contribution in [2.45, 2.75) is 66.0 Å². The zero-order chi connectivity index (χ0) is 19.1. The van der Waals surface area contributed by atoms with E-state index >= 15 is 0 Å². The zero-order valence-electron chi connectivity index (χ0n) is 16.5. The van der Waals surface area contributed by atoms with Crippen molar-refractivity contribution in [1.29, 1.82) is 5.26 Å². The summed E-state index contributed by atoms with van der Waals surface area (Å²) >= 11 is 0. The molecule has 0 saturated carbocycles. The number of carbonyl (C=O) groups is 1. The van der Waals surface area contributed by atoms with Crippen LogP contribution in [0.2, 0.25) is 0 Å². The molecule has 1 aliphatic heterocycles. The van der Waals surface area contributed by atoms with Gasteiger partial charge in [0.15, 0.2) is 0 Å². The largest absolute Gasteiger partial charge is 0.376 e. The second kappa shape index (κ2) is 9.59. The minimum absolute atomic E-state index is 0.174. The molecule has 1 amide bonds. The van der Waals surface area contributed by atoms with E-state index in [4.69, 9.17) is 4.74 Å². The van der Waals surface area contributed by atoms with Gasteiger partial charge < -0.3 is 14.2 Å². The Kier molecular flexibility index (Phi) is 7.47. The van der Waals surface area contributed by atoms with Crippen LogP contribution in [0.4, 0.5) is 0 Å². The van der Waals surface area contributed by atoms with Crippen molar-refractivity contribution >= 4 is 12.0 Å². The minimum Gasteiger partial charge on any atom is -0.376 e. The molecule has 0 aromatic carbocycles. The van der Waals surface area contributed by atoms with Crippen LogP contribution in [-0.4, -0.2) is 41.2 Å². The van der Waals surface area contributed by atoms with Crippen molar-refractivity contribution in [3.8, 4) is 6.07 Å². The minimum atomic E-state index is -0.174. The number of carbonyl (C=O) groups excluding carboxylic acids is 1. The number of nitriles is 1. The van der Waals surface area contributed by atoms with Crippen LogP contribution in [-0.2, 0) is 16.1 Å². The van der Waals surface area contributed by atoms with E-state index in [0.29, 0.717) is 13.1 Å². The molecule has 1 aromatic rings. The number of nitrogens with zero attached hydrogens (tertiary/aromatic N) is 3. The molecule has 2 rings (SSSR count). The van der Waals surface area contributed by atoms with Gasteiger partial charge in [0, 0.05) is 37.6 Å². The predicted molar refractivity (Wildman–Crippen MR) is 104 cm³/mol. The van der Waals surface area contributed by atoms with E-state index in [-0.39, 0.29) is 17.6 Å². The van der Waals surface area contributed by atoms with E-state index < -0.39 is 0 Å². The fraction of sp³-hybridized carbons (Fsp3) is 0.619. The number of aromatic nitrogens is 1. The third-order valence-corrected chi connectivity index (χ3v) is 5.12. The van der Waals surface area contributed by atoms with Gasteiger partial charge >= 0.3 is 0 Å². The predicted octanol–water partition coefficient (Wildman–Crippen LogP) is 3.84. The van der Waals surface area contributed by atoms with Crippen molar-refractivity contribution in [1.82, 2.24) is 9.47 Å². The quantitative estimate of drug-likeness (QED) is 0.525. The lowest BCUT2D eigenvalue weighted by atomic mass is 10.1. The summed E-state index contributed by atoms with van der Waals surface area (Å²) in [6.07, 6.45) is 6.19. The van der Waals surface area contributed by atoms with Gasteiger partial charge in [0.05, 0.1) is 6.10 Å². The van der Waals surface area contributed by atoms with Gasteiger partial charge in [-0.15, -0.1) is 0 Å². The molecule has 142 valence electrons. The van der Waals surface area contributed by atoms with Crippen molar-refractivity contribution < 1.29 is 9.53 Å². The van der Waals surface area contributed by atoms with Gasteiger partial charge in [-0.3, -0.25) is 4.79 Å². The fourth-order valence-electron chi connectivity index (χ4n) is 3.47. The van der Waals surface area contributed by atoms with Gasteiger partial charge in [0.25, 0.3) is 5.91 Å². The number of ether oxygens (including phenoxy) is 1. The highest BCUT2D eigenvalue weighted by Gasteiger charge is 2.20. The Labute approximate surface area is 157 Å². The van der Waals surface area contributed by atoms with E-state index in [2.05, 4.69) is 30.6 Å². The Morgan fingerprint density at radius 1 is 1.46 bits per heavy atom. The summed E-state index contributed by atoms with van der Waals surface area (Å²) in [4.78, 5) is 14.5. The van der Waals surface area contributed by atoms with Crippen LogP contribution in [0.25, 0.3) is 6.08 Å². The van der Waals surface area contributed by atoms with Crippen molar-refractivity contribution in [3.05, 3.63) is 28.6 Å². The standard InChI is InChI=1S/C21H31N3O2/c1-5-7-10-23(6-2)21(25)19(14-22)13-18-12-16(3)24(17(18)4)15-20-9-8-11-26-20/h12-13,20H,5-11,15H2,1-4H3/b19-13+. The monoisotopic (exact) mass is 357 g/mol. The number of hydrogen-bond donors (Lipinski definition) is 0. The average Bonchev–Trinajstić information content (AvgIpc) is 3.24. The highest BCUT2D eigenvalue weighted by atomic mass is 16.5. The van der Waals surface area contributed by atoms with Crippen LogP contribution in [0.3, 0.4) is 0 Å². The number of amides is 1. The number of hydrogen-bond acceptors (Lipinski definition) is 3. The summed E-state index contributed by atoms with van der Waals surface area (Å²) in [6.45, 7) is 11.2. The highest BCUT2D eigenvalue weighted by molar-refractivity contribution is 6.01. The first-order valence-electron chi connectivity index (χ1n) is 9.71. The summed E-state index contributed by atoms with van der Waals surface area (Å²) < 4.78 is 7.98. The number of aryl methyl sites for hydroxylation is 1. The van der Waals surface area contributed by atoms with Gasteiger partial charge in [0.2, 0.25) is 0 Å². The maximum atomic E-state index is 12.7. The molecule has 0 radical (unpaired) electrons. The van der Waals surface area contributed by atoms with Crippen LogP contribution in [0.5, 0.6) is 0 Å². The highest BCUT2D eigenvalue weighted by Crippen LogP contribution is 2.22. The molecule has 0 spiro atoms. The lowest BCUT2D eigenvalue weighted by Crippen LogP contribution is -2.32. The van der Waals surface area contributed by atoms with Gasteiger partial charge in [0.1, 0.15) is 11.6 Å². The van der Waals surface area contributed by atoms with E-state index in [0.717, 1.165) is 55.8 Å². The van der Waals surface area contributed by atoms with Crippen LogP contribution < -0.4 is 0 Å². The topological polar surface area (TPSA) is 58.3 Å². The molecule has 5 nitrogen and oxygen atoms in total. The Bertz CT molecular complexity index is 691. The van der Waals surface area contributed by atoms with Gasteiger partial charge in [-0.25, -0.2) is 0 Å². The van der Waals surface area contributed by atoms with Gasteiger partial charge in [-0.2, -0.15) is 5.26 Å². The molecule has 2 heterocycles. The molecule has 1 aromatic heterocycles. The summed E-state index contributed by atoms with van der Waals surface area (Å²) in [5.41, 5.74) is 3.36. The van der Waals surface area contributed by atoms with Crippen LogP contribution in [0.1, 0.15) is 56.5 Å². The maximum Gasteiger partial charge on any atom is 0.264 e. The van der Waals surface area contributed by atoms with E-state index in [1.54, 1.807) is 11.0 Å². The number of likely N-dealkylation sites (N-methyl/N-ethyl adjacent to an activating group) is 1. The summed E-state index contributed by atoms with van der Waals surface area (Å²) in [7, 11) is 0. The molecule has 0 bridgehead atoms. The smallest absolute Gasteiger partial charge is 0.264 e. The van der Waals surface area contributed by atoms with Crippen molar-refractivity contribution in [3.63, 3.8) is 0 Å². The van der Waals surface area contributed by atoms with E-state index in [1.807, 2.05) is 13.8 Å². The van der Waals surface area contributed by atoms with E-state index in [1.165, 1.54) is 0 Å². The molecule has 1 saturated heterocycles. The lowest BCUT2D eigenvalue weighted by molar-refractivity contribution is -0.126.